The molecule has 0 fully saturated rings. The molecule has 2 rings (SSSR count). The zero-order valence-electron chi connectivity index (χ0n) is 11.0. The molecule has 9 nitrogen and oxygen atoms in total. The fourth-order valence-corrected chi connectivity index (χ4v) is 2.69. The fourth-order valence-electron chi connectivity index (χ4n) is 1.60. The Kier molecular flexibility index (Phi) is 4.19. The van der Waals surface area contributed by atoms with Gasteiger partial charge in [0, 0.05) is 0 Å². The number of carbonyl (C=O) groups is 1. The first-order chi connectivity index (χ1) is 9.94. The molecule has 0 saturated heterocycles. The molecule has 10 heteroatoms. The second-order valence-electron chi connectivity index (χ2n) is 4.00. The van der Waals surface area contributed by atoms with Gasteiger partial charge in [0.15, 0.2) is 0 Å². The molecule has 0 bridgehead atoms. The molecule has 0 aliphatic carbocycles. The highest BCUT2D eigenvalue weighted by Gasteiger charge is 2.19. The van der Waals surface area contributed by atoms with Gasteiger partial charge in [-0.05, 0) is 18.2 Å². The molecule has 0 aliphatic rings. The average molecular weight is 311 g/mol. The Morgan fingerprint density at radius 1 is 1.48 bits per heavy atom. The molecule has 2 aromatic rings. The molecule has 1 aromatic carbocycles. The maximum Gasteiger partial charge on any atom is 0.337 e. The summed E-state index contributed by atoms with van der Waals surface area (Å²) in [5.41, 5.74) is 5.80. The van der Waals surface area contributed by atoms with Crippen molar-refractivity contribution in [3.8, 4) is 0 Å². The van der Waals surface area contributed by atoms with E-state index in [4.69, 9.17) is 5.73 Å². The summed E-state index contributed by atoms with van der Waals surface area (Å²) in [6.07, 6.45) is 1.27. The molecule has 0 unspecified atom stereocenters. The van der Waals surface area contributed by atoms with Crippen LogP contribution < -0.4 is 10.5 Å². The van der Waals surface area contributed by atoms with Crippen LogP contribution in [0.25, 0.3) is 0 Å². The quantitative estimate of drug-likeness (QED) is 0.506. The van der Waals surface area contributed by atoms with E-state index in [1.165, 1.54) is 31.6 Å². The topological polar surface area (TPSA) is 140 Å². The van der Waals surface area contributed by atoms with Crippen LogP contribution in [0.2, 0.25) is 0 Å². The Morgan fingerprint density at radius 3 is 2.81 bits per heavy atom. The van der Waals surface area contributed by atoms with Crippen LogP contribution in [-0.4, -0.2) is 36.7 Å². The summed E-state index contributed by atoms with van der Waals surface area (Å²) in [6.45, 7) is -0.0550. The third-order valence-electron chi connectivity index (χ3n) is 2.61. The minimum Gasteiger partial charge on any atom is -0.465 e. The second-order valence-corrected chi connectivity index (χ2v) is 5.74. The number of benzene rings is 1. The molecule has 21 heavy (non-hydrogen) atoms. The van der Waals surface area contributed by atoms with E-state index in [-0.39, 0.29) is 22.7 Å². The van der Waals surface area contributed by atoms with E-state index >= 15 is 0 Å². The zero-order chi connectivity index (χ0) is 15.5. The lowest BCUT2D eigenvalue weighted by Gasteiger charge is -2.09. The number of aromatic amines is 1. The van der Waals surface area contributed by atoms with Gasteiger partial charge in [-0.2, -0.15) is 5.10 Å². The van der Waals surface area contributed by atoms with E-state index in [9.17, 15) is 13.2 Å². The van der Waals surface area contributed by atoms with Crippen molar-refractivity contribution in [2.75, 3.05) is 12.8 Å². The third kappa shape index (κ3) is 3.35. The van der Waals surface area contributed by atoms with E-state index in [0.29, 0.717) is 5.82 Å². The van der Waals surface area contributed by atoms with Crippen molar-refractivity contribution in [2.24, 2.45) is 0 Å². The van der Waals surface area contributed by atoms with Crippen molar-refractivity contribution in [3.63, 3.8) is 0 Å². The maximum absolute atomic E-state index is 12.1. The molecular formula is C11H13N5O4S. The van der Waals surface area contributed by atoms with Crippen molar-refractivity contribution in [1.82, 2.24) is 19.9 Å². The number of H-pyrrole nitrogens is 1. The van der Waals surface area contributed by atoms with Crippen LogP contribution in [0, 0.1) is 0 Å². The van der Waals surface area contributed by atoms with Crippen molar-refractivity contribution in [2.45, 2.75) is 11.4 Å². The summed E-state index contributed by atoms with van der Waals surface area (Å²) < 4.78 is 31.1. The highest BCUT2D eigenvalue weighted by atomic mass is 32.2. The lowest BCUT2D eigenvalue weighted by atomic mass is 10.2. The van der Waals surface area contributed by atoms with Gasteiger partial charge in [-0.1, -0.05) is 0 Å². The molecule has 1 heterocycles. The number of rotatable bonds is 5. The number of carbonyl (C=O) groups excluding carboxylic acids is 1. The van der Waals surface area contributed by atoms with Gasteiger partial charge in [0.1, 0.15) is 17.0 Å². The Hall–Kier alpha value is -2.46. The molecular weight excluding hydrogens is 298 g/mol. The maximum atomic E-state index is 12.1. The highest BCUT2D eigenvalue weighted by molar-refractivity contribution is 7.89. The summed E-state index contributed by atoms with van der Waals surface area (Å²) in [6, 6.07) is 3.81. The van der Waals surface area contributed by atoms with Crippen molar-refractivity contribution >= 4 is 21.7 Å². The first-order valence-electron chi connectivity index (χ1n) is 5.76. The third-order valence-corrected chi connectivity index (χ3v) is 4.09. The van der Waals surface area contributed by atoms with Crippen LogP contribution in [0.1, 0.15) is 16.2 Å². The van der Waals surface area contributed by atoms with Crippen molar-refractivity contribution < 1.29 is 17.9 Å². The number of hydrogen-bond acceptors (Lipinski definition) is 7. The van der Waals surface area contributed by atoms with Crippen LogP contribution in [-0.2, 0) is 21.3 Å². The predicted octanol–water partition coefficient (Wildman–Crippen LogP) is -0.348. The smallest absolute Gasteiger partial charge is 0.337 e. The van der Waals surface area contributed by atoms with Gasteiger partial charge in [-0.15, -0.1) is 0 Å². The molecule has 4 N–H and O–H groups in total. The monoisotopic (exact) mass is 311 g/mol. The first kappa shape index (κ1) is 14.9. The molecule has 0 spiro atoms. The molecule has 0 radical (unpaired) electrons. The molecule has 112 valence electrons. The summed E-state index contributed by atoms with van der Waals surface area (Å²) in [5, 5.41) is 6.13. The average Bonchev–Trinajstić information content (AvgIpc) is 2.97. The van der Waals surface area contributed by atoms with Crippen LogP contribution in [0.15, 0.2) is 29.4 Å². The standard InChI is InChI=1S/C11H13N5O4S/c1-20-11(17)7-2-3-9(8(12)4-7)21(18,19)15-5-10-13-6-14-16-10/h2-4,6,15H,5,12H2,1H3,(H,13,14,16). The summed E-state index contributed by atoms with van der Waals surface area (Å²) >= 11 is 0. The number of nitrogen functional groups attached to an aromatic ring is 1. The van der Waals surface area contributed by atoms with Crippen LogP contribution in [0.5, 0.6) is 0 Å². The number of nitrogens with two attached hydrogens (primary N) is 1. The number of hydrogen-bond donors (Lipinski definition) is 3. The number of nitrogens with zero attached hydrogens (tertiary/aromatic N) is 2. The number of methoxy groups -OCH3 is 1. The largest absolute Gasteiger partial charge is 0.465 e. The molecule has 0 saturated carbocycles. The van der Waals surface area contributed by atoms with E-state index in [1.807, 2.05) is 0 Å². The Bertz CT molecular complexity index is 742. The van der Waals surface area contributed by atoms with E-state index in [1.54, 1.807) is 0 Å². The van der Waals surface area contributed by atoms with E-state index in [0.717, 1.165) is 0 Å². The van der Waals surface area contributed by atoms with Crippen LogP contribution in [0.4, 0.5) is 5.69 Å². The minimum atomic E-state index is -3.83. The number of aromatic nitrogens is 3. The van der Waals surface area contributed by atoms with Gasteiger partial charge in [0.05, 0.1) is 24.9 Å². The van der Waals surface area contributed by atoms with Gasteiger partial charge in [-0.3, -0.25) is 5.10 Å². The summed E-state index contributed by atoms with van der Waals surface area (Å²) in [5.74, 6) is -0.233. The SMILES string of the molecule is COC(=O)c1ccc(S(=O)(=O)NCc2ncn[nH]2)c(N)c1. The fraction of sp³-hybridized carbons (Fsp3) is 0.182. The lowest BCUT2D eigenvalue weighted by molar-refractivity contribution is 0.0600. The van der Waals surface area contributed by atoms with Crippen molar-refractivity contribution in [1.29, 1.82) is 0 Å². The van der Waals surface area contributed by atoms with Gasteiger partial charge >= 0.3 is 5.97 Å². The Balaban J connectivity index is 2.21. The van der Waals surface area contributed by atoms with Crippen LogP contribution >= 0.6 is 0 Å². The molecule has 1 aromatic heterocycles. The number of nitrogens with one attached hydrogen (secondary N) is 2. The van der Waals surface area contributed by atoms with Gasteiger partial charge in [0.25, 0.3) is 0 Å². The minimum absolute atomic E-state index is 0.0528. The van der Waals surface area contributed by atoms with E-state index in [2.05, 4.69) is 24.6 Å². The van der Waals surface area contributed by atoms with Crippen molar-refractivity contribution in [3.05, 3.63) is 35.9 Å². The summed E-state index contributed by atoms with van der Waals surface area (Å²) in [4.78, 5) is 15.0. The van der Waals surface area contributed by atoms with Gasteiger partial charge in [0.2, 0.25) is 10.0 Å². The van der Waals surface area contributed by atoms with Gasteiger partial charge in [-0.25, -0.2) is 22.9 Å². The van der Waals surface area contributed by atoms with E-state index < -0.39 is 16.0 Å². The Labute approximate surface area is 120 Å². The number of ether oxygens (including phenoxy) is 1. The molecule has 0 amide bonds. The zero-order valence-corrected chi connectivity index (χ0v) is 11.8. The number of sulfonamides is 1. The van der Waals surface area contributed by atoms with Gasteiger partial charge < -0.3 is 10.5 Å². The molecule has 0 aliphatic heterocycles. The predicted molar refractivity (Wildman–Crippen MR) is 72.6 cm³/mol. The number of esters is 1. The second kappa shape index (κ2) is 5.89. The Morgan fingerprint density at radius 2 is 2.24 bits per heavy atom. The lowest BCUT2D eigenvalue weighted by Crippen LogP contribution is -2.25. The highest BCUT2D eigenvalue weighted by Crippen LogP contribution is 2.20. The normalized spacial score (nSPS) is 11.3. The first-order valence-corrected chi connectivity index (χ1v) is 7.24. The van der Waals surface area contributed by atoms with Crippen LogP contribution in [0.3, 0.4) is 0 Å². The molecule has 0 atom stereocenters. The summed E-state index contributed by atoms with van der Waals surface area (Å²) in [7, 11) is -2.61. The number of anilines is 1.